The van der Waals surface area contributed by atoms with Gasteiger partial charge in [0.15, 0.2) is 17.4 Å². The van der Waals surface area contributed by atoms with E-state index in [0.29, 0.717) is 42.3 Å². The fourth-order valence-electron chi connectivity index (χ4n) is 5.32. The first-order chi connectivity index (χ1) is 18.5. The third-order valence-corrected chi connectivity index (χ3v) is 7.20. The second-order valence-corrected chi connectivity index (χ2v) is 9.69. The molecule has 38 heavy (non-hydrogen) atoms. The zero-order chi connectivity index (χ0) is 26.2. The Morgan fingerprint density at radius 1 is 1.05 bits per heavy atom. The average Bonchev–Trinajstić information content (AvgIpc) is 3.60. The predicted molar refractivity (Wildman–Crippen MR) is 137 cm³/mol. The van der Waals surface area contributed by atoms with Gasteiger partial charge in [-0.1, -0.05) is 0 Å². The summed E-state index contributed by atoms with van der Waals surface area (Å²) < 4.78 is 40.8. The van der Waals surface area contributed by atoms with Crippen molar-refractivity contribution in [2.45, 2.75) is 12.8 Å². The minimum atomic E-state index is -0.599. The molecular formula is C25H29F2N9O2. The Bertz CT molecular complexity index is 1400. The molecule has 200 valence electrons. The number of rotatable bonds is 6. The molecule has 0 aliphatic carbocycles. The lowest BCUT2D eigenvalue weighted by atomic mass is 9.97. The number of nitrogens with zero attached hydrogens (tertiary/aromatic N) is 8. The molecule has 1 atom stereocenters. The number of piperidine rings is 1. The van der Waals surface area contributed by atoms with Crippen molar-refractivity contribution < 1.29 is 17.9 Å². The minimum Gasteiger partial charge on any atom is -0.497 e. The molecule has 0 saturated carbocycles. The summed E-state index contributed by atoms with van der Waals surface area (Å²) in [5.41, 5.74) is 6.21. The molecule has 2 fully saturated rings. The van der Waals surface area contributed by atoms with E-state index in [0.717, 1.165) is 45.6 Å². The summed E-state index contributed by atoms with van der Waals surface area (Å²) in [5, 5.41) is 4.36. The molecule has 3 aromatic heterocycles. The first-order valence-corrected chi connectivity index (χ1v) is 12.7. The molecule has 2 N–H and O–H groups in total. The standard InChI is InChI=1S/C25H29F2N9O2/c1-37-17-12-18(26)21(19(27)13-17)34-9-7-33(8-10-34)14-16-4-2-6-35(15-16)24-30-23(28)36-25(31-24)29-22(32-36)20-5-3-11-38-20/h3,5,11-13,16H,2,4,6-10,14-15H2,1H3,(H2,28,29,30,31,32). The van der Waals surface area contributed by atoms with Gasteiger partial charge in [0.1, 0.15) is 11.4 Å². The van der Waals surface area contributed by atoms with Crippen LogP contribution in [0.4, 0.5) is 26.4 Å². The number of hydrogen-bond acceptors (Lipinski definition) is 10. The topological polar surface area (TPSA) is 114 Å². The van der Waals surface area contributed by atoms with E-state index < -0.39 is 11.6 Å². The van der Waals surface area contributed by atoms with E-state index >= 15 is 0 Å². The zero-order valence-electron chi connectivity index (χ0n) is 21.1. The van der Waals surface area contributed by atoms with Crippen LogP contribution in [0.15, 0.2) is 34.9 Å². The van der Waals surface area contributed by atoms with Crippen molar-refractivity contribution in [3.8, 4) is 17.3 Å². The SMILES string of the molecule is COc1cc(F)c(N2CCN(CC3CCCN(c4nc(N)n5nc(-c6ccco6)nc5n4)C3)CC2)c(F)c1. The van der Waals surface area contributed by atoms with Crippen LogP contribution < -0.4 is 20.3 Å². The zero-order valence-corrected chi connectivity index (χ0v) is 21.1. The van der Waals surface area contributed by atoms with Gasteiger partial charge in [0, 0.05) is 57.9 Å². The molecule has 2 saturated heterocycles. The number of hydrogen-bond donors (Lipinski definition) is 1. The Balaban J connectivity index is 1.10. The first kappa shape index (κ1) is 24.3. The Hall–Kier alpha value is -4.00. The average molecular weight is 526 g/mol. The fraction of sp³-hybridized carbons (Fsp3) is 0.440. The maximum Gasteiger partial charge on any atom is 0.259 e. The highest BCUT2D eigenvalue weighted by molar-refractivity contribution is 5.54. The smallest absolute Gasteiger partial charge is 0.259 e. The number of nitrogens with two attached hydrogens (primary N) is 1. The molecule has 0 amide bonds. The molecule has 13 heteroatoms. The van der Waals surface area contributed by atoms with E-state index in [-0.39, 0.29) is 17.4 Å². The van der Waals surface area contributed by atoms with E-state index in [4.69, 9.17) is 14.9 Å². The number of methoxy groups -OCH3 is 1. The lowest BCUT2D eigenvalue weighted by Gasteiger charge is -2.40. The highest BCUT2D eigenvalue weighted by Gasteiger charge is 2.28. The van der Waals surface area contributed by atoms with Gasteiger partial charge in [-0.3, -0.25) is 4.90 Å². The molecule has 11 nitrogen and oxygen atoms in total. The summed E-state index contributed by atoms with van der Waals surface area (Å²) in [5.74, 6) is 1.44. The number of furan rings is 1. The third kappa shape index (κ3) is 4.69. The molecule has 0 radical (unpaired) electrons. The Morgan fingerprint density at radius 3 is 2.55 bits per heavy atom. The Morgan fingerprint density at radius 2 is 1.84 bits per heavy atom. The first-order valence-electron chi connectivity index (χ1n) is 12.7. The molecule has 5 heterocycles. The van der Waals surface area contributed by atoms with Crippen LogP contribution in [0, 0.1) is 17.6 Å². The number of anilines is 3. The predicted octanol–water partition coefficient (Wildman–Crippen LogP) is 2.69. The summed E-state index contributed by atoms with van der Waals surface area (Å²) in [4.78, 5) is 19.9. The molecular weight excluding hydrogens is 496 g/mol. The Labute approximate surface area is 217 Å². The van der Waals surface area contributed by atoms with E-state index in [9.17, 15) is 8.78 Å². The number of benzene rings is 1. The molecule has 6 rings (SSSR count). The summed E-state index contributed by atoms with van der Waals surface area (Å²) in [6.07, 6.45) is 3.65. The molecule has 1 unspecified atom stereocenters. The van der Waals surface area contributed by atoms with Crippen molar-refractivity contribution in [2.75, 3.05) is 68.5 Å². The molecule has 0 bridgehead atoms. The second-order valence-electron chi connectivity index (χ2n) is 9.69. The van der Waals surface area contributed by atoms with Crippen molar-refractivity contribution >= 4 is 23.4 Å². The highest BCUT2D eigenvalue weighted by Crippen LogP contribution is 2.30. The quantitative estimate of drug-likeness (QED) is 0.403. The summed E-state index contributed by atoms with van der Waals surface area (Å²) in [6.45, 7) is 5.07. The molecule has 1 aromatic carbocycles. The maximum atomic E-state index is 14.5. The van der Waals surface area contributed by atoms with Gasteiger partial charge in [-0.2, -0.15) is 19.5 Å². The molecule has 2 aliphatic rings. The summed E-state index contributed by atoms with van der Waals surface area (Å²) in [7, 11) is 1.39. The van der Waals surface area contributed by atoms with Crippen molar-refractivity contribution in [1.82, 2.24) is 29.5 Å². The lowest BCUT2D eigenvalue weighted by molar-refractivity contribution is 0.204. The van der Waals surface area contributed by atoms with Gasteiger partial charge in [-0.15, -0.1) is 5.10 Å². The van der Waals surface area contributed by atoms with E-state index in [1.165, 1.54) is 23.8 Å². The number of aromatic nitrogens is 5. The van der Waals surface area contributed by atoms with Gasteiger partial charge < -0.3 is 24.7 Å². The van der Waals surface area contributed by atoms with Crippen LogP contribution in [0.1, 0.15) is 12.8 Å². The van der Waals surface area contributed by atoms with E-state index in [2.05, 4.69) is 29.9 Å². The maximum absolute atomic E-state index is 14.5. The third-order valence-electron chi connectivity index (χ3n) is 7.20. The van der Waals surface area contributed by atoms with Crippen molar-refractivity contribution in [1.29, 1.82) is 0 Å². The van der Waals surface area contributed by atoms with Crippen LogP contribution in [0.25, 0.3) is 17.4 Å². The Kier molecular flexibility index (Phi) is 6.44. The van der Waals surface area contributed by atoms with Crippen molar-refractivity contribution in [3.05, 3.63) is 42.2 Å². The van der Waals surface area contributed by atoms with Crippen LogP contribution in [-0.2, 0) is 0 Å². The normalized spacial score (nSPS) is 18.9. The van der Waals surface area contributed by atoms with Crippen LogP contribution in [0.2, 0.25) is 0 Å². The number of ether oxygens (including phenoxy) is 1. The molecule has 4 aromatic rings. The van der Waals surface area contributed by atoms with E-state index in [1.807, 2.05) is 0 Å². The van der Waals surface area contributed by atoms with E-state index in [1.54, 1.807) is 23.3 Å². The van der Waals surface area contributed by atoms with Crippen LogP contribution >= 0.6 is 0 Å². The van der Waals surface area contributed by atoms with Gasteiger partial charge in [0.25, 0.3) is 5.78 Å². The van der Waals surface area contributed by atoms with Gasteiger partial charge in [-0.05, 0) is 30.9 Å². The molecule has 0 spiro atoms. The molecule has 2 aliphatic heterocycles. The lowest BCUT2D eigenvalue weighted by Crippen LogP contribution is -2.50. The van der Waals surface area contributed by atoms with Crippen LogP contribution in [0.3, 0.4) is 0 Å². The summed E-state index contributed by atoms with van der Waals surface area (Å²) >= 11 is 0. The van der Waals surface area contributed by atoms with Gasteiger partial charge >= 0.3 is 0 Å². The fourth-order valence-corrected chi connectivity index (χ4v) is 5.32. The number of halogens is 2. The number of fused-ring (bicyclic) bond motifs is 1. The highest BCUT2D eigenvalue weighted by atomic mass is 19.1. The minimum absolute atomic E-state index is 0.0168. The van der Waals surface area contributed by atoms with Crippen molar-refractivity contribution in [3.63, 3.8) is 0 Å². The number of piperazine rings is 1. The van der Waals surface area contributed by atoms with Gasteiger partial charge in [0.2, 0.25) is 17.7 Å². The monoisotopic (exact) mass is 525 g/mol. The van der Waals surface area contributed by atoms with Gasteiger partial charge in [-0.25, -0.2) is 8.78 Å². The second kappa shape index (κ2) is 10.0. The van der Waals surface area contributed by atoms with Gasteiger partial charge in [0.05, 0.1) is 13.4 Å². The number of nitrogen functional groups attached to an aromatic ring is 1. The largest absolute Gasteiger partial charge is 0.497 e. The van der Waals surface area contributed by atoms with Crippen LogP contribution in [0.5, 0.6) is 5.75 Å². The summed E-state index contributed by atoms with van der Waals surface area (Å²) in [6, 6.07) is 6.00. The van der Waals surface area contributed by atoms with Crippen LogP contribution in [-0.4, -0.2) is 82.4 Å². The van der Waals surface area contributed by atoms with Crippen molar-refractivity contribution in [2.24, 2.45) is 5.92 Å².